The third kappa shape index (κ3) is 4.49. The van der Waals surface area contributed by atoms with Crippen molar-refractivity contribution in [2.24, 2.45) is 0 Å². The maximum Gasteiger partial charge on any atom is 0.310 e. The number of para-hydroxylation sites is 2. The summed E-state index contributed by atoms with van der Waals surface area (Å²) < 4.78 is 10.3. The summed E-state index contributed by atoms with van der Waals surface area (Å²) in [5.41, 5.74) is 1.92. The van der Waals surface area contributed by atoms with Gasteiger partial charge in [0.2, 0.25) is 5.91 Å². The van der Waals surface area contributed by atoms with Gasteiger partial charge in [-0.1, -0.05) is 24.3 Å². The van der Waals surface area contributed by atoms with E-state index in [9.17, 15) is 14.4 Å². The number of ether oxygens (including phenoxy) is 2. The average Bonchev–Trinajstić information content (AvgIpc) is 2.81. The van der Waals surface area contributed by atoms with E-state index in [0.29, 0.717) is 17.1 Å². The molecular formula is C21H22N2O5. The first-order chi connectivity index (χ1) is 13.5. The zero-order valence-corrected chi connectivity index (χ0v) is 15.8. The van der Waals surface area contributed by atoms with E-state index < -0.39 is 5.97 Å². The number of fused-ring (bicyclic) bond motifs is 1. The molecule has 1 atom stereocenters. The fraction of sp³-hybridized carbons (Fsp3) is 0.286. The van der Waals surface area contributed by atoms with Gasteiger partial charge >= 0.3 is 5.97 Å². The van der Waals surface area contributed by atoms with Crippen molar-refractivity contribution in [1.29, 1.82) is 0 Å². The largest absolute Gasteiger partial charge is 0.497 e. The van der Waals surface area contributed by atoms with E-state index in [2.05, 4.69) is 5.32 Å². The predicted octanol–water partition coefficient (Wildman–Crippen LogP) is 2.54. The highest BCUT2D eigenvalue weighted by Gasteiger charge is 2.30. The van der Waals surface area contributed by atoms with Crippen LogP contribution in [0.3, 0.4) is 0 Å². The number of rotatable bonds is 5. The summed E-state index contributed by atoms with van der Waals surface area (Å²) in [5.74, 6) is -0.334. The van der Waals surface area contributed by atoms with E-state index in [-0.39, 0.29) is 37.3 Å². The fourth-order valence-corrected chi connectivity index (χ4v) is 3.14. The van der Waals surface area contributed by atoms with Crippen LogP contribution in [0.15, 0.2) is 48.5 Å². The Labute approximate surface area is 163 Å². The van der Waals surface area contributed by atoms with Crippen LogP contribution in [0.4, 0.5) is 11.4 Å². The number of hydrogen-bond acceptors (Lipinski definition) is 5. The maximum atomic E-state index is 12.8. The molecular weight excluding hydrogens is 360 g/mol. The number of amides is 2. The summed E-state index contributed by atoms with van der Waals surface area (Å²) in [4.78, 5) is 38.4. The smallest absolute Gasteiger partial charge is 0.310 e. The molecule has 0 fully saturated rings. The van der Waals surface area contributed by atoms with E-state index >= 15 is 0 Å². The summed E-state index contributed by atoms with van der Waals surface area (Å²) in [6.45, 7) is 1.40. The molecule has 0 aliphatic carbocycles. The fourth-order valence-electron chi connectivity index (χ4n) is 3.14. The van der Waals surface area contributed by atoms with E-state index in [4.69, 9.17) is 9.47 Å². The first kappa shape index (κ1) is 19.4. The maximum absolute atomic E-state index is 12.8. The molecule has 0 saturated carbocycles. The quantitative estimate of drug-likeness (QED) is 0.804. The Morgan fingerprint density at radius 1 is 1.14 bits per heavy atom. The topological polar surface area (TPSA) is 84.9 Å². The number of nitrogens with zero attached hydrogens (tertiary/aromatic N) is 1. The van der Waals surface area contributed by atoms with Crippen LogP contribution in [-0.4, -0.2) is 37.5 Å². The minimum atomic E-state index is -0.497. The number of methoxy groups -OCH3 is 1. The molecule has 7 nitrogen and oxygen atoms in total. The van der Waals surface area contributed by atoms with Crippen LogP contribution in [0.5, 0.6) is 5.75 Å². The Kier molecular flexibility index (Phi) is 5.93. The van der Waals surface area contributed by atoms with Crippen molar-refractivity contribution in [2.45, 2.75) is 25.8 Å². The number of carbonyl (C=O) groups is 3. The molecule has 0 saturated heterocycles. The van der Waals surface area contributed by atoms with Crippen molar-refractivity contribution in [1.82, 2.24) is 0 Å². The molecule has 1 N–H and O–H groups in total. The molecule has 0 bridgehead atoms. The third-order valence-corrected chi connectivity index (χ3v) is 4.49. The number of anilines is 2. The summed E-state index contributed by atoms with van der Waals surface area (Å²) >= 11 is 0. The molecule has 2 aromatic carbocycles. The molecule has 0 aromatic heterocycles. The summed E-state index contributed by atoms with van der Waals surface area (Å²) in [5, 5.41) is 2.79. The molecule has 0 unspecified atom stereocenters. The third-order valence-electron chi connectivity index (χ3n) is 4.49. The predicted molar refractivity (Wildman–Crippen MR) is 104 cm³/mol. The zero-order valence-electron chi connectivity index (χ0n) is 15.8. The van der Waals surface area contributed by atoms with Gasteiger partial charge in [0.25, 0.3) is 5.91 Å². The van der Waals surface area contributed by atoms with Crippen LogP contribution in [0.1, 0.15) is 18.9 Å². The second-order valence-electron chi connectivity index (χ2n) is 6.57. The van der Waals surface area contributed by atoms with Gasteiger partial charge in [0.1, 0.15) is 5.75 Å². The van der Waals surface area contributed by atoms with E-state index in [1.807, 2.05) is 0 Å². The summed E-state index contributed by atoms with van der Waals surface area (Å²) in [6, 6.07) is 13.8. The first-order valence-corrected chi connectivity index (χ1v) is 8.97. The lowest BCUT2D eigenvalue weighted by atomic mass is 10.1. The number of carbonyl (C=O) groups excluding carboxylic acids is 3. The van der Waals surface area contributed by atoms with Gasteiger partial charge in [0.15, 0.2) is 6.61 Å². The van der Waals surface area contributed by atoms with Crippen molar-refractivity contribution in [3.8, 4) is 5.75 Å². The second-order valence-corrected chi connectivity index (χ2v) is 6.57. The summed E-state index contributed by atoms with van der Waals surface area (Å²) in [6.07, 6.45) is 0.226. The van der Waals surface area contributed by atoms with Crippen molar-refractivity contribution < 1.29 is 23.9 Å². The lowest BCUT2D eigenvalue weighted by Gasteiger charge is -2.27. The molecule has 2 amide bonds. The van der Waals surface area contributed by atoms with Crippen LogP contribution >= 0.6 is 0 Å². The SMILES string of the molecule is COc1ccc(CC(=O)OCC(=O)N2c3ccccc3NC(=O)C[C@H]2C)cc1. The molecule has 0 spiro atoms. The Morgan fingerprint density at radius 3 is 2.57 bits per heavy atom. The van der Waals surface area contributed by atoms with Crippen LogP contribution in [-0.2, 0) is 25.5 Å². The van der Waals surface area contributed by atoms with E-state index in [0.717, 1.165) is 5.56 Å². The molecule has 3 rings (SSSR count). The van der Waals surface area contributed by atoms with Gasteiger partial charge in [-0.2, -0.15) is 0 Å². The van der Waals surface area contributed by atoms with Gasteiger partial charge in [-0.05, 0) is 36.8 Å². The van der Waals surface area contributed by atoms with E-state index in [1.165, 1.54) is 4.90 Å². The molecule has 28 heavy (non-hydrogen) atoms. The Balaban J connectivity index is 1.64. The molecule has 1 heterocycles. The van der Waals surface area contributed by atoms with E-state index in [1.54, 1.807) is 62.6 Å². The molecule has 7 heteroatoms. The molecule has 2 aromatic rings. The van der Waals surface area contributed by atoms with Crippen molar-refractivity contribution in [3.63, 3.8) is 0 Å². The highest BCUT2D eigenvalue weighted by molar-refractivity contribution is 6.05. The monoisotopic (exact) mass is 382 g/mol. The number of nitrogens with one attached hydrogen (secondary N) is 1. The number of esters is 1. The van der Waals surface area contributed by atoms with Crippen molar-refractivity contribution in [3.05, 3.63) is 54.1 Å². The Morgan fingerprint density at radius 2 is 1.86 bits per heavy atom. The minimum Gasteiger partial charge on any atom is -0.497 e. The highest BCUT2D eigenvalue weighted by Crippen LogP contribution is 2.31. The molecule has 0 radical (unpaired) electrons. The van der Waals surface area contributed by atoms with Gasteiger partial charge in [0.05, 0.1) is 24.9 Å². The second kappa shape index (κ2) is 8.56. The van der Waals surface area contributed by atoms with Crippen LogP contribution in [0, 0.1) is 0 Å². The minimum absolute atomic E-state index is 0.0590. The van der Waals surface area contributed by atoms with Crippen LogP contribution in [0.25, 0.3) is 0 Å². The van der Waals surface area contributed by atoms with Gasteiger partial charge in [-0.3, -0.25) is 14.4 Å². The number of hydrogen-bond donors (Lipinski definition) is 1. The summed E-state index contributed by atoms with van der Waals surface area (Å²) in [7, 11) is 1.57. The zero-order chi connectivity index (χ0) is 20.1. The number of benzene rings is 2. The highest BCUT2D eigenvalue weighted by atomic mass is 16.5. The Hall–Kier alpha value is -3.35. The van der Waals surface area contributed by atoms with Crippen molar-refractivity contribution in [2.75, 3.05) is 23.9 Å². The average molecular weight is 382 g/mol. The normalized spacial score (nSPS) is 15.9. The van der Waals surface area contributed by atoms with Gasteiger partial charge in [-0.15, -0.1) is 0 Å². The molecule has 1 aliphatic rings. The van der Waals surface area contributed by atoms with Crippen LogP contribution in [0.2, 0.25) is 0 Å². The first-order valence-electron chi connectivity index (χ1n) is 8.97. The molecule has 1 aliphatic heterocycles. The standard InChI is InChI=1S/C21H22N2O5/c1-14-11-19(24)22-17-5-3-4-6-18(17)23(14)20(25)13-28-21(26)12-15-7-9-16(27-2)10-8-15/h3-10,14H,11-13H2,1-2H3,(H,22,24)/t14-/m1/s1. The van der Waals surface area contributed by atoms with Crippen molar-refractivity contribution >= 4 is 29.2 Å². The lowest BCUT2D eigenvalue weighted by Crippen LogP contribution is -2.41. The van der Waals surface area contributed by atoms with Crippen LogP contribution < -0.4 is 15.0 Å². The Bertz CT molecular complexity index is 879. The van der Waals surface area contributed by atoms with Gasteiger partial charge < -0.3 is 19.7 Å². The van der Waals surface area contributed by atoms with Gasteiger partial charge in [-0.25, -0.2) is 0 Å². The van der Waals surface area contributed by atoms with Gasteiger partial charge in [0, 0.05) is 12.5 Å². The molecule has 146 valence electrons. The lowest BCUT2D eigenvalue weighted by molar-refractivity contribution is -0.147.